The number of hydrogen-bond acceptors (Lipinski definition) is 4. The van der Waals surface area contributed by atoms with E-state index in [0.29, 0.717) is 30.0 Å². The summed E-state index contributed by atoms with van der Waals surface area (Å²) in [6.45, 7) is 3.23. The van der Waals surface area contributed by atoms with Crippen molar-refractivity contribution in [2.45, 2.75) is 44.7 Å². The van der Waals surface area contributed by atoms with Crippen LogP contribution in [-0.4, -0.2) is 46.4 Å². The van der Waals surface area contributed by atoms with Gasteiger partial charge in [-0.3, -0.25) is 14.7 Å². The first kappa shape index (κ1) is 21.8. The zero-order valence-corrected chi connectivity index (χ0v) is 18.2. The molecule has 0 radical (unpaired) electrons. The Balaban J connectivity index is 1.23. The van der Waals surface area contributed by atoms with Crippen LogP contribution in [0.4, 0.5) is 13.2 Å². The van der Waals surface area contributed by atoms with Crippen LogP contribution in [-0.2, 0) is 11.3 Å². The van der Waals surface area contributed by atoms with Crippen LogP contribution < -0.4 is 5.76 Å². The molecule has 2 saturated heterocycles. The first-order chi connectivity index (χ1) is 15.8. The SMILES string of the molecule is Cc1cc(CN2CCC(N3CCC(c4ccc5[nH]c(=O)oc5c4)CC3)C2=O)c(F)c(F)c1F. The largest absolute Gasteiger partial charge is 0.417 e. The number of aromatic amines is 1. The number of H-pyrrole nitrogens is 1. The molecular formula is C24H24F3N3O3. The Morgan fingerprint density at radius 3 is 2.52 bits per heavy atom. The van der Waals surface area contributed by atoms with Crippen molar-refractivity contribution in [2.24, 2.45) is 0 Å². The Bertz CT molecular complexity index is 1280. The Hall–Kier alpha value is -3.07. The highest BCUT2D eigenvalue weighted by molar-refractivity contribution is 5.84. The number of hydrogen-bond donors (Lipinski definition) is 1. The van der Waals surface area contributed by atoms with Crippen molar-refractivity contribution in [3.05, 3.63) is 69.0 Å². The second kappa shape index (κ2) is 8.37. The van der Waals surface area contributed by atoms with Gasteiger partial charge in [-0.25, -0.2) is 18.0 Å². The molecule has 2 aliphatic heterocycles. The van der Waals surface area contributed by atoms with E-state index < -0.39 is 23.2 Å². The van der Waals surface area contributed by atoms with E-state index in [-0.39, 0.29) is 29.6 Å². The molecule has 2 aromatic carbocycles. The van der Waals surface area contributed by atoms with Crippen molar-refractivity contribution in [1.29, 1.82) is 0 Å². The average molecular weight is 459 g/mol. The van der Waals surface area contributed by atoms with Crippen LogP contribution >= 0.6 is 0 Å². The summed E-state index contributed by atoms with van der Waals surface area (Å²) >= 11 is 0. The topological polar surface area (TPSA) is 69.6 Å². The lowest BCUT2D eigenvalue weighted by atomic mass is 9.88. The third-order valence-electron chi connectivity index (χ3n) is 6.92. The van der Waals surface area contributed by atoms with E-state index in [9.17, 15) is 22.8 Å². The molecule has 6 nitrogen and oxygen atoms in total. The number of carbonyl (C=O) groups is 1. The molecule has 1 N–H and O–H groups in total. The van der Waals surface area contributed by atoms with Crippen molar-refractivity contribution >= 4 is 17.0 Å². The Morgan fingerprint density at radius 1 is 1.00 bits per heavy atom. The summed E-state index contributed by atoms with van der Waals surface area (Å²) in [6, 6.07) is 6.72. The van der Waals surface area contributed by atoms with Crippen LogP contribution in [0.25, 0.3) is 11.1 Å². The molecule has 1 amide bonds. The second-order valence-corrected chi connectivity index (χ2v) is 8.94. The summed E-state index contributed by atoms with van der Waals surface area (Å²) in [4.78, 5) is 30.7. The van der Waals surface area contributed by atoms with E-state index in [2.05, 4.69) is 9.88 Å². The van der Waals surface area contributed by atoms with E-state index in [1.807, 2.05) is 18.2 Å². The first-order valence-electron chi connectivity index (χ1n) is 11.1. The summed E-state index contributed by atoms with van der Waals surface area (Å²) in [5, 5.41) is 0. The van der Waals surface area contributed by atoms with Crippen molar-refractivity contribution in [1.82, 2.24) is 14.8 Å². The number of oxazole rings is 1. The molecule has 1 aromatic heterocycles. The number of amides is 1. The van der Waals surface area contributed by atoms with Gasteiger partial charge >= 0.3 is 5.76 Å². The normalized spacial score (nSPS) is 20.3. The van der Waals surface area contributed by atoms with Crippen LogP contribution in [0, 0.1) is 24.4 Å². The van der Waals surface area contributed by atoms with Gasteiger partial charge in [0.2, 0.25) is 5.91 Å². The van der Waals surface area contributed by atoms with Crippen molar-refractivity contribution in [3.8, 4) is 0 Å². The smallest absolute Gasteiger partial charge is 0.408 e. The number of halogens is 3. The molecule has 2 aliphatic rings. The van der Waals surface area contributed by atoms with Crippen molar-refractivity contribution < 1.29 is 22.4 Å². The zero-order chi connectivity index (χ0) is 23.3. The number of benzene rings is 2. The number of nitrogens with one attached hydrogen (secondary N) is 1. The van der Waals surface area contributed by atoms with Crippen molar-refractivity contribution in [3.63, 3.8) is 0 Å². The number of piperidine rings is 1. The standard InChI is InChI=1S/C24H24F3N3O3/c1-13-10-16(21(26)22(27)20(13)25)12-30-9-6-18(23(30)31)29-7-4-14(5-8-29)15-2-3-17-19(11-15)33-24(32)28-17/h2-3,10-11,14,18H,4-9,12H2,1H3,(H,28,32). The summed E-state index contributed by atoms with van der Waals surface area (Å²) in [5.41, 5.74) is 2.33. The number of aromatic nitrogens is 1. The lowest BCUT2D eigenvalue weighted by Crippen LogP contribution is -2.45. The predicted octanol–water partition coefficient (Wildman–Crippen LogP) is 3.83. The third-order valence-corrected chi connectivity index (χ3v) is 6.92. The van der Waals surface area contributed by atoms with E-state index in [4.69, 9.17) is 4.42 Å². The monoisotopic (exact) mass is 459 g/mol. The first-order valence-corrected chi connectivity index (χ1v) is 11.1. The molecule has 3 heterocycles. The molecule has 0 spiro atoms. The van der Waals surface area contributed by atoms with Crippen LogP contribution in [0.3, 0.4) is 0 Å². The lowest BCUT2D eigenvalue weighted by molar-refractivity contribution is -0.133. The fourth-order valence-electron chi connectivity index (χ4n) is 5.10. The number of carbonyl (C=O) groups excluding carboxylic acids is 1. The summed E-state index contributed by atoms with van der Waals surface area (Å²) in [7, 11) is 0. The predicted molar refractivity (Wildman–Crippen MR) is 115 cm³/mol. The van der Waals surface area contributed by atoms with Gasteiger partial charge in [-0.05, 0) is 74.5 Å². The Kier molecular flexibility index (Phi) is 5.52. The molecule has 0 bridgehead atoms. The fourth-order valence-corrected chi connectivity index (χ4v) is 5.10. The van der Waals surface area contributed by atoms with Crippen LogP contribution in [0.15, 0.2) is 33.5 Å². The highest BCUT2D eigenvalue weighted by Crippen LogP contribution is 2.32. The molecular weight excluding hydrogens is 435 g/mol. The molecule has 174 valence electrons. The van der Waals surface area contributed by atoms with Gasteiger partial charge in [0.05, 0.1) is 11.6 Å². The molecule has 0 saturated carbocycles. The maximum Gasteiger partial charge on any atom is 0.417 e. The van der Waals surface area contributed by atoms with Gasteiger partial charge in [0.15, 0.2) is 23.0 Å². The number of rotatable bonds is 4. The highest BCUT2D eigenvalue weighted by atomic mass is 19.2. The number of likely N-dealkylation sites (tertiary alicyclic amines) is 2. The molecule has 1 unspecified atom stereocenters. The highest BCUT2D eigenvalue weighted by Gasteiger charge is 2.38. The summed E-state index contributed by atoms with van der Waals surface area (Å²) < 4.78 is 46.7. The summed E-state index contributed by atoms with van der Waals surface area (Å²) in [6.07, 6.45) is 2.34. The summed E-state index contributed by atoms with van der Waals surface area (Å²) in [5.74, 6) is -4.19. The molecule has 0 aliphatic carbocycles. The maximum absolute atomic E-state index is 14.2. The van der Waals surface area contributed by atoms with Crippen LogP contribution in [0.2, 0.25) is 0 Å². The third kappa shape index (κ3) is 3.94. The van der Waals surface area contributed by atoms with Gasteiger partial charge in [-0.2, -0.15) is 0 Å². The van der Waals surface area contributed by atoms with Crippen LogP contribution in [0.1, 0.15) is 41.9 Å². The molecule has 3 aromatic rings. The molecule has 5 rings (SSSR count). The molecule has 33 heavy (non-hydrogen) atoms. The van der Waals surface area contributed by atoms with E-state index in [0.717, 1.165) is 31.5 Å². The molecule has 1 atom stereocenters. The Morgan fingerprint density at radius 2 is 1.76 bits per heavy atom. The quantitative estimate of drug-likeness (QED) is 0.603. The lowest BCUT2D eigenvalue weighted by Gasteiger charge is -2.35. The van der Waals surface area contributed by atoms with Crippen molar-refractivity contribution in [2.75, 3.05) is 19.6 Å². The van der Waals surface area contributed by atoms with E-state index in [1.165, 1.54) is 17.9 Å². The molecule has 9 heteroatoms. The molecule has 2 fully saturated rings. The van der Waals surface area contributed by atoms with E-state index in [1.54, 1.807) is 0 Å². The van der Waals surface area contributed by atoms with Gasteiger partial charge in [0.25, 0.3) is 0 Å². The second-order valence-electron chi connectivity index (χ2n) is 8.94. The minimum absolute atomic E-state index is 0.00842. The Labute approximate surface area is 188 Å². The van der Waals surface area contributed by atoms with Gasteiger partial charge in [0.1, 0.15) is 0 Å². The minimum atomic E-state index is -1.49. The number of fused-ring (bicyclic) bond motifs is 1. The van der Waals surface area contributed by atoms with Gasteiger partial charge in [-0.1, -0.05) is 6.07 Å². The number of nitrogens with zero attached hydrogens (tertiary/aromatic N) is 2. The number of aryl methyl sites for hydroxylation is 1. The van der Waals surface area contributed by atoms with E-state index >= 15 is 0 Å². The van der Waals surface area contributed by atoms with Crippen LogP contribution in [0.5, 0.6) is 0 Å². The van der Waals surface area contributed by atoms with Gasteiger partial charge in [-0.15, -0.1) is 0 Å². The minimum Gasteiger partial charge on any atom is -0.408 e. The van der Waals surface area contributed by atoms with Gasteiger partial charge < -0.3 is 9.32 Å². The fraction of sp³-hybridized carbons (Fsp3) is 0.417. The maximum atomic E-state index is 14.2. The zero-order valence-electron chi connectivity index (χ0n) is 18.2. The average Bonchev–Trinajstić information content (AvgIpc) is 3.37. The van der Waals surface area contributed by atoms with Gasteiger partial charge in [0, 0.05) is 18.7 Å².